The number of nitrogens with zero attached hydrogens (tertiary/aromatic N) is 1. The normalized spacial score (nSPS) is 10.0. The Kier molecular flexibility index (Phi) is 3.76. The molecular formula is C12H8N2O5S. The number of rotatable bonds is 4. The SMILES string of the molecule is O=C(Nc1ccsc1C(=O)O)c1ccccc1[N+](=O)[O-]. The van der Waals surface area contributed by atoms with Crippen LogP contribution in [0.1, 0.15) is 20.0 Å². The Hall–Kier alpha value is -2.74. The van der Waals surface area contributed by atoms with Crippen molar-refractivity contribution in [1.29, 1.82) is 0 Å². The first-order chi connectivity index (χ1) is 9.50. The lowest BCUT2D eigenvalue weighted by molar-refractivity contribution is -0.385. The Bertz CT molecular complexity index is 695. The summed E-state index contributed by atoms with van der Waals surface area (Å²) >= 11 is 0.957. The van der Waals surface area contributed by atoms with Gasteiger partial charge in [-0.15, -0.1) is 11.3 Å². The molecule has 0 saturated carbocycles. The molecule has 2 aromatic rings. The molecule has 0 unspecified atom stereocenters. The third kappa shape index (κ3) is 2.64. The van der Waals surface area contributed by atoms with Crippen molar-refractivity contribution in [2.75, 3.05) is 5.32 Å². The van der Waals surface area contributed by atoms with Crippen molar-refractivity contribution in [3.63, 3.8) is 0 Å². The molecule has 1 aromatic carbocycles. The van der Waals surface area contributed by atoms with E-state index in [4.69, 9.17) is 5.11 Å². The van der Waals surface area contributed by atoms with Crippen LogP contribution in [0.15, 0.2) is 35.7 Å². The average molecular weight is 292 g/mol. The number of anilines is 1. The zero-order valence-corrected chi connectivity index (χ0v) is 10.7. The lowest BCUT2D eigenvalue weighted by atomic mass is 10.1. The second kappa shape index (κ2) is 5.49. The van der Waals surface area contributed by atoms with Crippen LogP contribution >= 0.6 is 11.3 Å². The molecule has 7 nitrogen and oxygen atoms in total. The van der Waals surface area contributed by atoms with Crippen LogP contribution < -0.4 is 5.32 Å². The molecule has 8 heteroatoms. The van der Waals surface area contributed by atoms with Crippen molar-refractivity contribution >= 4 is 34.6 Å². The van der Waals surface area contributed by atoms with Crippen molar-refractivity contribution in [3.8, 4) is 0 Å². The van der Waals surface area contributed by atoms with Crippen LogP contribution in [0.4, 0.5) is 11.4 Å². The summed E-state index contributed by atoms with van der Waals surface area (Å²) in [7, 11) is 0. The highest BCUT2D eigenvalue weighted by Gasteiger charge is 2.21. The molecule has 0 spiro atoms. The lowest BCUT2D eigenvalue weighted by Crippen LogP contribution is -2.15. The first kappa shape index (κ1) is 13.7. The van der Waals surface area contributed by atoms with Gasteiger partial charge in [0.25, 0.3) is 11.6 Å². The van der Waals surface area contributed by atoms with E-state index < -0.39 is 16.8 Å². The minimum atomic E-state index is -1.17. The first-order valence-electron chi connectivity index (χ1n) is 5.36. The molecule has 0 saturated heterocycles. The molecule has 1 amide bonds. The van der Waals surface area contributed by atoms with E-state index in [1.54, 1.807) is 0 Å². The third-order valence-electron chi connectivity index (χ3n) is 2.45. The highest BCUT2D eigenvalue weighted by Crippen LogP contribution is 2.24. The number of amides is 1. The predicted octanol–water partition coefficient (Wildman–Crippen LogP) is 2.61. The topological polar surface area (TPSA) is 110 Å². The van der Waals surface area contributed by atoms with Gasteiger partial charge >= 0.3 is 5.97 Å². The third-order valence-corrected chi connectivity index (χ3v) is 3.36. The first-order valence-corrected chi connectivity index (χ1v) is 6.24. The molecule has 0 bridgehead atoms. The minimum Gasteiger partial charge on any atom is -0.477 e. The van der Waals surface area contributed by atoms with Crippen molar-refractivity contribution in [1.82, 2.24) is 0 Å². The summed E-state index contributed by atoms with van der Waals surface area (Å²) in [5, 5.41) is 23.7. The van der Waals surface area contributed by atoms with E-state index in [9.17, 15) is 19.7 Å². The molecule has 2 rings (SSSR count). The summed E-state index contributed by atoms with van der Waals surface area (Å²) in [4.78, 5) is 33.1. The largest absolute Gasteiger partial charge is 0.477 e. The molecule has 1 aromatic heterocycles. The Labute approximate surface area is 116 Å². The van der Waals surface area contributed by atoms with Gasteiger partial charge in [-0.3, -0.25) is 14.9 Å². The number of carboxylic acid groups (broad SMARTS) is 1. The maximum atomic E-state index is 12.0. The second-order valence-corrected chi connectivity index (χ2v) is 4.61. The Balaban J connectivity index is 2.31. The Morgan fingerprint density at radius 1 is 1.25 bits per heavy atom. The van der Waals surface area contributed by atoms with Crippen LogP contribution in [0.2, 0.25) is 0 Å². The van der Waals surface area contributed by atoms with Crippen molar-refractivity contribution in [3.05, 3.63) is 56.3 Å². The van der Waals surface area contributed by atoms with E-state index in [0.717, 1.165) is 11.3 Å². The molecule has 2 N–H and O–H groups in total. The van der Waals surface area contributed by atoms with E-state index >= 15 is 0 Å². The molecule has 102 valence electrons. The maximum absolute atomic E-state index is 12.0. The Morgan fingerprint density at radius 2 is 1.95 bits per heavy atom. The molecular weight excluding hydrogens is 284 g/mol. The summed E-state index contributed by atoms with van der Waals surface area (Å²) < 4.78 is 0. The zero-order valence-electron chi connectivity index (χ0n) is 9.90. The van der Waals surface area contributed by atoms with Crippen LogP contribution in [-0.2, 0) is 0 Å². The second-order valence-electron chi connectivity index (χ2n) is 3.70. The standard InChI is InChI=1S/C12H8N2O5S/c15-11(7-3-1-2-4-9(7)14(18)19)13-8-5-6-20-10(8)12(16)17/h1-6H,(H,13,15)(H,16,17). The van der Waals surface area contributed by atoms with Gasteiger partial charge in [-0.25, -0.2) is 4.79 Å². The molecule has 0 aliphatic carbocycles. The molecule has 1 heterocycles. The summed E-state index contributed by atoms with van der Waals surface area (Å²) in [6.07, 6.45) is 0. The van der Waals surface area contributed by atoms with E-state index in [2.05, 4.69) is 5.32 Å². The molecule has 0 fully saturated rings. The number of carboxylic acids is 1. The van der Waals surface area contributed by atoms with Crippen molar-refractivity contribution in [2.24, 2.45) is 0 Å². The van der Waals surface area contributed by atoms with Gasteiger partial charge in [-0.05, 0) is 17.5 Å². The average Bonchev–Trinajstić information content (AvgIpc) is 2.87. The highest BCUT2D eigenvalue weighted by atomic mass is 32.1. The Morgan fingerprint density at radius 3 is 2.60 bits per heavy atom. The van der Waals surface area contributed by atoms with Crippen molar-refractivity contribution in [2.45, 2.75) is 0 Å². The van der Waals surface area contributed by atoms with Gasteiger partial charge in [0.2, 0.25) is 0 Å². The maximum Gasteiger partial charge on any atom is 0.348 e. The number of hydrogen-bond acceptors (Lipinski definition) is 5. The summed E-state index contributed by atoms with van der Waals surface area (Å²) in [5.74, 6) is -1.89. The minimum absolute atomic E-state index is 0.0306. The van der Waals surface area contributed by atoms with Gasteiger partial charge in [0, 0.05) is 6.07 Å². The number of carbonyl (C=O) groups excluding carboxylic acids is 1. The monoisotopic (exact) mass is 292 g/mol. The summed E-state index contributed by atoms with van der Waals surface area (Å²) in [6.45, 7) is 0. The fourth-order valence-electron chi connectivity index (χ4n) is 1.59. The smallest absolute Gasteiger partial charge is 0.348 e. The fourth-order valence-corrected chi connectivity index (χ4v) is 2.27. The van der Waals surface area contributed by atoms with Crippen LogP contribution in [0.25, 0.3) is 0 Å². The lowest BCUT2D eigenvalue weighted by Gasteiger charge is -2.05. The molecule has 20 heavy (non-hydrogen) atoms. The van der Waals surface area contributed by atoms with Gasteiger partial charge in [0.15, 0.2) is 0 Å². The van der Waals surface area contributed by atoms with Crippen LogP contribution in [0.5, 0.6) is 0 Å². The molecule has 0 aliphatic rings. The van der Waals surface area contributed by atoms with Gasteiger partial charge < -0.3 is 10.4 Å². The van der Waals surface area contributed by atoms with Crippen LogP contribution in [0, 0.1) is 10.1 Å². The number of benzene rings is 1. The number of thiophene rings is 1. The number of para-hydroxylation sites is 1. The van der Waals surface area contributed by atoms with Crippen LogP contribution in [-0.4, -0.2) is 21.9 Å². The van der Waals surface area contributed by atoms with Crippen molar-refractivity contribution < 1.29 is 19.6 Å². The van der Waals surface area contributed by atoms with Gasteiger partial charge in [0.05, 0.1) is 10.6 Å². The summed E-state index contributed by atoms with van der Waals surface area (Å²) in [5.41, 5.74) is -0.345. The number of hydrogen-bond donors (Lipinski definition) is 2. The molecule has 0 atom stereocenters. The van der Waals surface area contributed by atoms with Gasteiger partial charge in [0.1, 0.15) is 10.4 Å². The fraction of sp³-hybridized carbons (Fsp3) is 0. The van der Waals surface area contributed by atoms with Gasteiger partial charge in [-0.1, -0.05) is 12.1 Å². The predicted molar refractivity (Wildman–Crippen MR) is 72.3 cm³/mol. The van der Waals surface area contributed by atoms with E-state index in [1.807, 2.05) is 0 Å². The number of nitrogens with one attached hydrogen (secondary N) is 1. The quantitative estimate of drug-likeness (QED) is 0.665. The number of carbonyl (C=O) groups is 2. The van der Waals surface area contributed by atoms with E-state index in [0.29, 0.717) is 0 Å². The summed E-state index contributed by atoms with van der Waals surface area (Å²) in [6, 6.07) is 6.89. The number of aromatic carboxylic acids is 1. The number of nitro benzene ring substituents is 1. The van der Waals surface area contributed by atoms with Crippen LogP contribution in [0.3, 0.4) is 0 Å². The number of nitro groups is 1. The molecule has 0 aliphatic heterocycles. The van der Waals surface area contributed by atoms with E-state index in [1.165, 1.54) is 35.7 Å². The molecule has 0 radical (unpaired) electrons. The van der Waals surface area contributed by atoms with E-state index in [-0.39, 0.29) is 21.8 Å². The zero-order chi connectivity index (χ0) is 14.7. The van der Waals surface area contributed by atoms with Gasteiger partial charge in [-0.2, -0.15) is 0 Å². The highest BCUT2D eigenvalue weighted by molar-refractivity contribution is 7.12.